The summed E-state index contributed by atoms with van der Waals surface area (Å²) >= 11 is 0. The fourth-order valence-corrected chi connectivity index (χ4v) is 2.52. The maximum Gasteiger partial charge on any atom is 0.00669 e. The zero-order chi connectivity index (χ0) is 11.8. The van der Waals surface area contributed by atoms with E-state index in [9.17, 15) is 0 Å². The summed E-state index contributed by atoms with van der Waals surface area (Å²) in [5, 5.41) is 3.57. The minimum Gasteiger partial charge on any atom is -0.314 e. The Bertz CT molecular complexity index is 170. The van der Waals surface area contributed by atoms with Crippen molar-refractivity contribution in [2.24, 2.45) is 0 Å². The largest absolute Gasteiger partial charge is 0.314 e. The molecule has 0 aliphatic carbocycles. The fourth-order valence-electron chi connectivity index (χ4n) is 2.52. The van der Waals surface area contributed by atoms with Gasteiger partial charge in [-0.25, -0.2) is 0 Å². The summed E-state index contributed by atoms with van der Waals surface area (Å²) in [5.41, 5.74) is 0. The van der Waals surface area contributed by atoms with Crippen LogP contribution in [0, 0.1) is 0 Å². The quantitative estimate of drug-likeness (QED) is 0.725. The second-order valence-corrected chi connectivity index (χ2v) is 5.38. The van der Waals surface area contributed by atoms with Crippen LogP contribution in [0.25, 0.3) is 0 Å². The molecule has 1 rings (SSSR count). The predicted molar refractivity (Wildman–Crippen MR) is 71.9 cm³/mol. The van der Waals surface area contributed by atoms with Gasteiger partial charge in [-0.3, -0.25) is 0 Å². The smallest absolute Gasteiger partial charge is 0.00669 e. The highest BCUT2D eigenvalue weighted by Crippen LogP contribution is 2.12. The highest BCUT2D eigenvalue weighted by Gasteiger charge is 2.16. The third-order valence-corrected chi connectivity index (χ3v) is 3.81. The SMILES string of the molecule is CCCCCC(C)N1CCCNC(C)CC1. The molecule has 1 aliphatic rings. The van der Waals surface area contributed by atoms with Gasteiger partial charge >= 0.3 is 0 Å². The molecule has 0 aromatic carbocycles. The first kappa shape index (κ1) is 14.0. The van der Waals surface area contributed by atoms with E-state index in [4.69, 9.17) is 0 Å². The van der Waals surface area contributed by atoms with Crippen LogP contribution in [-0.4, -0.2) is 36.6 Å². The van der Waals surface area contributed by atoms with Crippen LogP contribution in [0.1, 0.15) is 59.3 Å². The predicted octanol–water partition coefficient (Wildman–Crippen LogP) is 3.03. The average Bonchev–Trinajstić information content (AvgIpc) is 2.24. The molecule has 1 heterocycles. The second kappa shape index (κ2) is 8.08. The zero-order valence-corrected chi connectivity index (χ0v) is 11.5. The molecule has 0 radical (unpaired) electrons. The maximum atomic E-state index is 3.57. The molecule has 1 saturated heterocycles. The minimum atomic E-state index is 0.700. The topological polar surface area (TPSA) is 15.3 Å². The van der Waals surface area contributed by atoms with Crippen LogP contribution in [0.15, 0.2) is 0 Å². The Kier molecular flexibility index (Phi) is 7.06. The van der Waals surface area contributed by atoms with Gasteiger partial charge in [0, 0.05) is 12.1 Å². The van der Waals surface area contributed by atoms with Crippen molar-refractivity contribution in [2.75, 3.05) is 19.6 Å². The van der Waals surface area contributed by atoms with Crippen LogP contribution in [0.2, 0.25) is 0 Å². The molecule has 0 bridgehead atoms. The third kappa shape index (κ3) is 5.31. The number of nitrogens with zero attached hydrogens (tertiary/aromatic N) is 1. The van der Waals surface area contributed by atoms with E-state index in [1.54, 1.807) is 0 Å². The molecule has 1 aliphatic heterocycles. The van der Waals surface area contributed by atoms with E-state index in [1.165, 1.54) is 58.2 Å². The molecular formula is C14H30N2. The number of rotatable bonds is 5. The van der Waals surface area contributed by atoms with E-state index in [0.717, 1.165) is 6.04 Å². The summed E-state index contributed by atoms with van der Waals surface area (Å²) in [7, 11) is 0. The minimum absolute atomic E-state index is 0.700. The summed E-state index contributed by atoms with van der Waals surface area (Å²) < 4.78 is 0. The van der Waals surface area contributed by atoms with E-state index in [1.807, 2.05) is 0 Å². The first-order chi connectivity index (χ1) is 7.74. The van der Waals surface area contributed by atoms with E-state index >= 15 is 0 Å². The molecule has 2 atom stereocenters. The van der Waals surface area contributed by atoms with E-state index in [-0.39, 0.29) is 0 Å². The van der Waals surface area contributed by atoms with Crippen molar-refractivity contribution in [3.05, 3.63) is 0 Å². The Morgan fingerprint density at radius 3 is 2.88 bits per heavy atom. The first-order valence-corrected chi connectivity index (χ1v) is 7.21. The summed E-state index contributed by atoms with van der Waals surface area (Å²) in [4.78, 5) is 2.70. The molecule has 1 fully saturated rings. The zero-order valence-electron chi connectivity index (χ0n) is 11.5. The van der Waals surface area contributed by atoms with Crippen molar-refractivity contribution in [3.8, 4) is 0 Å². The first-order valence-electron chi connectivity index (χ1n) is 7.21. The Morgan fingerprint density at radius 1 is 1.31 bits per heavy atom. The Labute approximate surface area is 102 Å². The molecular weight excluding hydrogens is 196 g/mol. The molecule has 0 amide bonds. The van der Waals surface area contributed by atoms with Gasteiger partial charge in [0.25, 0.3) is 0 Å². The van der Waals surface area contributed by atoms with Gasteiger partial charge < -0.3 is 10.2 Å². The molecule has 0 spiro atoms. The second-order valence-electron chi connectivity index (χ2n) is 5.38. The van der Waals surface area contributed by atoms with Crippen LogP contribution < -0.4 is 5.32 Å². The van der Waals surface area contributed by atoms with Gasteiger partial charge in [0.15, 0.2) is 0 Å². The van der Waals surface area contributed by atoms with Gasteiger partial charge in [-0.05, 0) is 52.7 Å². The van der Waals surface area contributed by atoms with Gasteiger partial charge in [0.2, 0.25) is 0 Å². The van der Waals surface area contributed by atoms with Crippen LogP contribution >= 0.6 is 0 Å². The van der Waals surface area contributed by atoms with Gasteiger partial charge in [-0.2, -0.15) is 0 Å². The van der Waals surface area contributed by atoms with Gasteiger partial charge in [0.05, 0.1) is 0 Å². The number of hydrogen-bond donors (Lipinski definition) is 1. The Balaban J connectivity index is 2.26. The molecule has 0 aromatic rings. The summed E-state index contributed by atoms with van der Waals surface area (Å²) in [6.07, 6.45) is 8.14. The molecule has 16 heavy (non-hydrogen) atoms. The van der Waals surface area contributed by atoms with Crippen LogP contribution in [0.5, 0.6) is 0 Å². The van der Waals surface area contributed by atoms with Crippen LogP contribution in [0.3, 0.4) is 0 Å². The highest BCUT2D eigenvalue weighted by molar-refractivity contribution is 4.74. The molecule has 2 unspecified atom stereocenters. The maximum absolute atomic E-state index is 3.57. The molecule has 0 aromatic heterocycles. The molecule has 0 saturated carbocycles. The van der Waals surface area contributed by atoms with Crippen molar-refractivity contribution in [2.45, 2.75) is 71.4 Å². The lowest BCUT2D eigenvalue weighted by atomic mass is 10.1. The van der Waals surface area contributed by atoms with Gasteiger partial charge in [-0.1, -0.05) is 26.2 Å². The summed E-state index contributed by atoms with van der Waals surface area (Å²) in [5.74, 6) is 0. The standard InChI is InChI=1S/C14H30N2/c1-4-5-6-8-14(3)16-11-7-10-15-13(2)9-12-16/h13-15H,4-12H2,1-3H3. The molecule has 96 valence electrons. The number of hydrogen-bond acceptors (Lipinski definition) is 2. The van der Waals surface area contributed by atoms with Crippen molar-refractivity contribution in [1.82, 2.24) is 10.2 Å². The van der Waals surface area contributed by atoms with Crippen molar-refractivity contribution >= 4 is 0 Å². The van der Waals surface area contributed by atoms with Crippen molar-refractivity contribution in [3.63, 3.8) is 0 Å². The van der Waals surface area contributed by atoms with E-state index < -0.39 is 0 Å². The third-order valence-electron chi connectivity index (χ3n) is 3.81. The normalized spacial score (nSPS) is 26.1. The van der Waals surface area contributed by atoms with Gasteiger partial charge in [0.1, 0.15) is 0 Å². The Morgan fingerprint density at radius 2 is 2.12 bits per heavy atom. The van der Waals surface area contributed by atoms with Gasteiger partial charge in [-0.15, -0.1) is 0 Å². The van der Waals surface area contributed by atoms with E-state index in [2.05, 4.69) is 31.0 Å². The number of unbranched alkanes of at least 4 members (excludes halogenated alkanes) is 2. The highest BCUT2D eigenvalue weighted by atomic mass is 15.2. The van der Waals surface area contributed by atoms with E-state index in [0.29, 0.717) is 6.04 Å². The average molecular weight is 226 g/mol. The lowest BCUT2D eigenvalue weighted by Gasteiger charge is -2.32. The molecule has 2 heteroatoms. The lowest BCUT2D eigenvalue weighted by molar-refractivity contribution is 0.174. The monoisotopic (exact) mass is 226 g/mol. The summed E-state index contributed by atoms with van der Waals surface area (Å²) in [6, 6.07) is 1.49. The lowest BCUT2D eigenvalue weighted by Crippen LogP contribution is -2.42. The van der Waals surface area contributed by atoms with Crippen molar-refractivity contribution < 1.29 is 0 Å². The Hall–Kier alpha value is -0.0800. The molecule has 1 N–H and O–H groups in total. The van der Waals surface area contributed by atoms with Crippen LogP contribution in [0.4, 0.5) is 0 Å². The molecule has 2 nitrogen and oxygen atoms in total. The van der Waals surface area contributed by atoms with Crippen molar-refractivity contribution in [1.29, 1.82) is 0 Å². The number of nitrogens with one attached hydrogen (secondary N) is 1. The van der Waals surface area contributed by atoms with Crippen LogP contribution in [-0.2, 0) is 0 Å². The fraction of sp³-hybridized carbons (Fsp3) is 1.00. The summed E-state index contributed by atoms with van der Waals surface area (Å²) in [6.45, 7) is 10.8.